The van der Waals surface area contributed by atoms with E-state index in [4.69, 9.17) is 4.42 Å². The van der Waals surface area contributed by atoms with Crippen LogP contribution in [0.4, 0.5) is 0 Å². The zero-order valence-corrected chi connectivity index (χ0v) is 12.4. The van der Waals surface area contributed by atoms with Crippen LogP contribution in [-0.4, -0.2) is 5.91 Å². The van der Waals surface area contributed by atoms with E-state index < -0.39 is 0 Å². The fourth-order valence-electron chi connectivity index (χ4n) is 3.03. The molecule has 1 heterocycles. The van der Waals surface area contributed by atoms with Gasteiger partial charge in [0.15, 0.2) is 5.76 Å². The molecule has 1 aromatic heterocycles. The van der Waals surface area contributed by atoms with E-state index in [1.165, 1.54) is 42.2 Å². The predicted octanol–water partition coefficient (Wildman–Crippen LogP) is 4.04. The summed E-state index contributed by atoms with van der Waals surface area (Å²) in [7, 11) is 0. The highest BCUT2D eigenvalue weighted by Gasteiger charge is 2.18. The highest BCUT2D eigenvalue weighted by molar-refractivity contribution is 5.91. The number of hydrogen-bond donors (Lipinski definition) is 1. The third-order valence-electron chi connectivity index (χ3n) is 4.23. The molecule has 1 atom stereocenters. The van der Waals surface area contributed by atoms with Crippen molar-refractivity contribution in [3.8, 4) is 0 Å². The maximum atomic E-state index is 12.1. The minimum atomic E-state index is -0.149. The Hall–Kier alpha value is -2.03. The van der Waals surface area contributed by atoms with Crippen LogP contribution >= 0.6 is 0 Å². The first-order chi connectivity index (χ1) is 10.3. The Morgan fingerprint density at radius 2 is 2.05 bits per heavy atom. The van der Waals surface area contributed by atoms with E-state index in [9.17, 15) is 4.79 Å². The molecule has 0 aliphatic heterocycles. The van der Waals surface area contributed by atoms with Gasteiger partial charge in [-0.25, -0.2) is 0 Å². The lowest BCUT2D eigenvalue weighted by atomic mass is 9.89. The molecular weight excluding hydrogens is 262 g/mol. The van der Waals surface area contributed by atoms with Crippen LogP contribution in [0.2, 0.25) is 0 Å². The Morgan fingerprint density at radius 1 is 1.24 bits per heavy atom. The smallest absolute Gasteiger partial charge is 0.287 e. The van der Waals surface area contributed by atoms with Crippen LogP contribution in [0.15, 0.2) is 41.0 Å². The highest BCUT2D eigenvalue weighted by atomic mass is 16.3. The molecule has 1 aliphatic rings. The lowest BCUT2D eigenvalue weighted by Crippen LogP contribution is -2.28. The Morgan fingerprint density at radius 3 is 2.76 bits per heavy atom. The van der Waals surface area contributed by atoms with E-state index in [1.54, 1.807) is 12.1 Å². The van der Waals surface area contributed by atoms with E-state index in [2.05, 4.69) is 30.4 Å². The van der Waals surface area contributed by atoms with Crippen molar-refractivity contribution >= 4 is 5.91 Å². The SMILES string of the molecule is CC[C@H](NC(=O)c1ccco1)c1ccc2c(c1)CCCC2. The van der Waals surface area contributed by atoms with Crippen LogP contribution < -0.4 is 5.32 Å². The fourth-order valence-corrected chi connectivity index (χ4v) is 3.03. The van der Waals surface area contributed by atoms with Crippen molar-refractivity contribution in [2.45, 2.75) is 45.1 Å². The van der Waals surface area contributed by atoms with Crippen molar-refractivity contribution in [2.75, 3.05) is 0 Å². The molecule has 0 fully saturated rings. The van der Waals surface area contributed by atoms with Crippen molar-refractivity contribution in [1.29, 1.82) is 0 Å². The highest BCUT2D eigenvalue weighted by Crippen LogP contribution is 2.26. The number of aryl methyl sites for hydroxylation is 2. The van der Waals surface area contributed by atoms with Crippen molar-refractivity contribution in [2.24, 2.45) is 0 Å². The van der Waals surface area contributed by atoms with Gasteiger partial charge in [0, 0.05) is 0 Å². The minimum absolute atomic E-state index is 0.0369. The van der Waals surface area contributed by atoms with Gasteiger partial charge in [-0.1, -0.05) is 25.1 Å². The normalized spacial score (nSPS) is 15.3. The third-order valence-corrected chi connectivity index (χ3v) is 4.23. The largest absolute Gasteiger partial charge is 0.459 e. The number of carbonyl (C=O) groups excluding carboxylic acids is 1. The van der Waals surface area contributed by atoms with Crippen LogP contribution in [0, 0.1) is 0 Å². The maximum Gasteiger partial charge on any atom is 0.287 e. The minimum Gasteiger partial charge on any atom is -0.459 e. The molecule has 0 spiro atoms. The van der Waals surface area contributed by atoms with Crippen molar-refractivity contribution < 1.29 is 9.21 Å². The van der Waals surface area contributed by atoms with Crippen molar-refractivity contribution in [3.05, 3.63) is 59.0 Å². The first-order valence-corrected chi connectivity index (χ1v) is 7.74. The first-order valence-electron chi connectivity index (χ1n) is 7.74. The van der Waals surface area contributed by atoms with Crippen LogP contribution in [0.25, 0.3) is 0 Å². The summed E-state index contributed by atoms with van der Waals surface area (Å²) < 4.78 is 5.16. The number of nitrogens with one attached hydrogen (secondary N) is 1. The summed E-state index contributed by atoms with van der Waals surface area (Å²) in [5.74, 6) is 0.219. The summed E-state index contributed by atoms with van der Waals surface area (Å²) in [6.07, 6.45) is 7.29. The van der Waals surface area contributed by atoms with Crippen molar-refractivity contribution in [3.63, 3.8) is 0 Å². The van der Waals surface area contributed by atoms with Gasteiger partial charge in [-0.05, 0) is 60.9 Å². The van der Waals surface area contributed by atoms with Gasteiger partial charge >= 0.3 is 0 Å². The molecule has 2 aromatic rings. The number of carbonyl (C=O) groups is 1. The Kier molecular flexibility index (Phi) is 4.09. The Balaban J connectivity index is 1.78. The van der Waals surface area contributed by atoms with Gasteiger partial charge in [-0.15, -0.1) is 0 Å². The summed E-state index contributed by atoms with van der Waals surface area (Å²) in [6, 6.07) is 10.1. The summed E-state index contributed by atoms with van der Waals surface area (Å²) in [6.45, 7) is 2.09. The molecule has 1 aliphatic carbocycles. The van der Waals surface area contributed by atoms with Gasteiger partial charge in [-0.2, -0.15) is 0 Å². The molecule has 21 heavy (non-hydrogen) atoms. The second kappa shape index (κ2) is 6.17. The van der Waals surface area contributed by atoms with E-state index >= 15 is 0 Å². The van der Waals surface area contributed by atoms with Gasteiger partial charge in [0.1, 0.15) is 0 Å². The van der Waals surface area contributed by atoms with E-state index in [1.807, 2.05) is 0 Å². The number of benzene rings is 1. The molecule has 0 bridgehead atoms. The lowest BCUT2D eigenvalue weighted by molar-refractivity contribution is 0.0907. The second-order valence-electron chi connectivity index (χ2n) is 5.65. The summed E-state index contributed by atoms with van der Waals surface area (Å²) in [5.41, 5.74) is 4.11. The molecule has 1 N–H and O–H groups in total. The standard InChI is InChI=1S/C18H21NO2/c1-2-16(19-18(20)17-8-5-11-21-17)15-10-9-13-6-3-4-7-14(13)12-15/h5,8-12,16H,2-4,6-7H2,1H3,(H,19,20)/t16-/m0/s1. The Bertz CT molecular complexity index is 616. The molecule has 3 heteroatoms. The Labute approximate surface area is 125 Å². The fraction of sp³-hybridized carbons (Fsp3) is 0.389. The third kappa shape index (κ3) is 3.02. The van der Waals surface area contributed by atoms with Gasteiger partial charge < -0.3 is 9.73 Å². The molecular formula is C18H21NO2. The molecule has 0 saturated heterocycles. The van der Waals surface area contributed by atoms with Crippen LogP contribution in [-0.2, 0) is 12.8 Å². The predicted molar refractivity (Wildman–Crippen MR) is 82.3 cm³/mol. The maximum absolute atomic E-state index is 12.1. The number of hydrogen-bond acceptors (Lipinski definition) is 2. The van der Waals surface area contributed by atoms with Crippen LogP contribution in [0.5, 0.6) is 0 Å². The summed E-state index contributed by atoms with van der Waals surface area (Å²) in [5, 5.41) is 3.06. The second-order valence-corrected chi connectivity index (χ2v) is 5.65. The molecule has 1 aromatic carbocycles. The lowest BCUT2D eigenvalue weighted by Gasteiger charge is -2.21. The van der Waals surface area contributed by atoms with E-state index in [-0.39, 0.29) is 11.9 Å². The molecule has 1 amide bonds. The van der Waals surface area contributed by atoms with E-state index in [0.717, 1.165) is 12.8 Å². The van der Waals surface area contributed by atoms with Crippen molar-refractivity contribution in [1.82, 2.24) is 5.32 Å². The molecule has 110 valence electrons. The molecule has 0 radical (unpaired) electrons. The number of amides is 1. The van der Waals surface area contributed by atoms with E-state index in [0.29, 0.717) is 5.76 Å². The molecule has 3 nitrogen and oxygen atoms in total. The monoisotopic (exact) mass is 283 g/mol. The van der Waals surface area contributed by atoms with Crippen LogP contribution in [0.3, 0.4) is 0 Å². The average Bonchev–Trinajstić information content (AvgIpc) is 3.06. The molecule has 0 unspecified atom stereocenters. The number of fused-ring (bicyclic) bond motifs is 1. The summed E-state index contributed by atoms with van der Waals surface area (Å²) >= 11 is 0. The zero-order valence-electron chi connectivity index (χ0n) is 12.4. The average molecular weight is 283 g/mol. The number of furan rings is 1. The van der Waals surface area contributed by atoms with Gasteiger partial charge in [0.05, 0.1) is 12.3 Å². The topological polar surface area (TPSA) is 42.2 Å². The zero-order chi connectivity index (χ0) is 14.7. The number of rotatable bonds is 4. The molecule has 3 rings (SSSR count). The van der Waals surface area contributed by atoms with Gasteiger partial charge in [0.2, 0.25) is 0 Å². The molecule has 0 saturated carbocycles. The van der Waals surface area contributed by atoms with Gasteiger partial charge in [0.25, 0.3) is 5.91 Å². The first kappa shape index (κ1) is 13.9. The summed E-state index contributed by atoms with van der Waals surface area (Å²) in [4.78, 5) is 12.1. The van der Waals surface area contributed by atoms with Gasteiger partial charge in [-0.3, -0.25) is 4.79 Å². The van der Waals surface area contributed by atoms with Crippen LogP contribution in [0.1, 0.15) is 59.5 Å². The quantitative estimate of drug-likeness (QED) is 0.920.